The van der Waals surface area contributed by atoms with Crippen LogP contribution in [0.15, 0.2) is 60.7 Å². The molecule has 0 radical (unpaired) electrons. The van der Waals surface area contributed by atoms with Crippen LogP contribution >= 0.6 is 0 Å². The number of carboxylic acids is 1. The lowest BCUT2D eigenvalue weighted by Gasteiger charge is -2.30. The summed E-state index contributed by atoms with van der Waals surface area (Å²) in [6.07, 6.45) is 2.50. The van der Waals surface area contributed by atoms with Gasteiger partial charge in [0.2, 0.25) is 0 Å². The van der Waals surface area contributed by atoms with Crippen LogP contribution < -0.4 is 4.74 Å². The van der Waals surface area contributed by atoms with Gasteiger partial charge in [0, 0.05) is 11.1 Å². The molecule has 40 heavy (non-hydrogen) atoms. The number of benzene rings is 3. The van der Waals surface area contributed by atoms with Crippen molar-refractivity contribution in [2.24, 2.45) is 10.8 Å². The summed E-state index contributed by atoms with van der Waals surface area (Å²) < 4.78 is 48.2. The maximum Gasteiger partial charge on any atom is 0.303 e. The molecular weight excluding hydrogens is 513 g/mol. The summed E-state index contributed by atoms with van der Waals surface area (Å²) >= 11 is 0. The van der Waals surface area contributed by atoms with Crippen molar-refractivity contribution in [3.05, 3.63) is 88.7 Å². The van der Waals surface area contributed by atoms with Gasteiger partial charge in [-0.05, 0) is 94.9 Å². The molecule has 0 heterocycles. The Morgan fingerprint density at radius 1 is 0.975 bits per heavy atom. The van der Waals surface area contributed by atoms with E-state index in [-0.39, 0.29) is 46.8 Å². The second kappa shape index (κ2) is 10.9. The summed E-state index contributed by atoms with van der Waals surface area (Å²) in [6, 6.07) is 17.0. The van der Waals surface area contributed by atoms with Crippen molar-refractivity contribution in [2.45, 2.75) is 84.2 Å². The van der Waals surface area contributed by atoms with Crippen molar-refractivity contribution >= 4 is 5.97 Å². The highest BCUT2D eigenvalue weighted by atomic mass is 19.3. The Kier molecular flexibility index (Phi) is 7.73. The summed E-state index contributed by atoms with van der Waals surface area (Å²) in [6.45, 7) is 6.85. The molecular formula is C34H37F3O3. The summed E-state index contributed by atoms with van der Waals surface area (Å²) in [5.74, 6) is -0.552. The zero-order chi connectivity index (χ0) is 28.7. The summed E-state index contributed by atoms with van der Waals surface area (Å²) in [7, 11) is 0. The van der Waals surface area contributed by atoms with Gasteiger partial charge in [-0.25, -0.2) is 13.2 Å². The summed E-state index contributed by atoms with van der Waals surface area (Å²) in [5.41, 5.74) is 3.51. The smallest absolute Gasteiger partial charge is 0.303 e. The van der Waals surface area contributed by atoms with Crippen molar-refractivity contribution in [2.75, 3.05) is 0 Å². The van der Waals surface area contributed by atoms with E-state index in [9.17, 15) is 18.7 Å². The van der Waals surface area contributed by atoms with Gasteiger partial charge in [0.25, 0.3) is 6.43 Å². The minimum Gasteiger partial charge on any atom is -0.489 e. The second-order valence-electron chi connectivity index (χ2n) is 12.6. The van der Waals surface area contributed by atoms with Crippen LogP contribution in [0.3, 0.4) is 0 Å². The van der Waals surface area contributed by atoms with E-state index in [1.54, 1.807) is 0 Å². The normalized spacial score (nSPS) is 19.9. The highest BCUT2D eigenvalue weighted by Gasteiger charge is 2.46. The molecule has 3 aromatic rings. The number of aliphatic carboxylic acids is 1. The third-order valence-corrected chi connectivity index (χ3v) is 9.21. The van der Waals surface area contributed by atoms with Gasteiger partial charge in [-0.3, -0.25) is 4.79 Å². The van der Waals surface area contributed by atoms with Gasteiger partial charge < -0.3 is 9.84 Å². The number of hydrogen-bond donors (Lipinski definition) is 1. The molecule has 2 fully saturated rings. The first-order valence-electron chi connectivity index (χ1n) is 14.1. The molecule has 2 atom stereocenters. The van der Waals surface area contributed by atoms with Crippen LogP contribution in [0.5, 0.6) is 5.75 Å². The lowest BCUT2D eigenvalue weighted by molar-refractivity contribution is -0.137. The van der Waals surface area contributed by atoms with Crippen molar-refractivity contribution in [1.82, 2.24) is 0 Å². The first kappa shape index (κ1) is 28.3. The number of carboxylic acid groups (broad SMARTS) is 1. The molecule has 0 unspecified atom stereocenters. The molecule has 5 rings (SSSR count). The Bertz CT molecular complexity index is 1390. The maximum atomic E-state index is 15.0. The number of carbonyl (C=O) groups is 1. The quantitative estimate of drug-likeness (QED) is 0.273. The maximum absolute atomic E-state index is 15.0. The van der Waals surface area contributed by atoms with Gasteiger partial charge in [0.1, 0.15) is 18.2 Å². The van der Waals surface area contributed by atoms with E-state index in [1.807, 2.05) is 42.5 Å². The first-order chi connectivity index (χ1) is 19.0. The highest BCUT2D eigenvalue weighted by Crippen LogP contribution is 2.57. The molecule has 212 valence electrons. The van der Waals surface area contributed by atoms with E-state index >= 15 is 4.39 Å². The minimum absolute atomic E-state index is 0.00254. The molecule has 1 N–H and O–H groups in total. The molecule has 0 spiro atoms. The van der Waals surface area contributed by atoms with Crippen LogP contribution in [-0.4, -0.2) is 11.1 Å². The first-order valence-corrected chi connectivity index (χ1v) is 14.1. The van der Waals surface area contributed by atoms with E-state index in [4.69, 9.17) is 4.74 Å². The van der Waals surface area contributed by atoms with E-state index in [2.05, 4.69) is 20.8 Å². The van der Waals surface area contributed by atoms with Gasteiger partial charge in [0.15, 0.2) is 0 Å². The lowest BCUT2D eigenvalue weighted by atomic mass is 9.75. The van der Waals surface area contributed by atoms with Gasteiger partial charge in [-0.2, -0.15) is 0 Å². The molecule has 0 bridgehead atoms. The van der Waals surface area contributed by atoms with Crippen LogP contribution in [0.2, 0.25) is 0 Å². The fourth-order valence-corrected chi connectivity index (χ4v) is 6.50. The minimum atomic E-state index is -2.67. The Balaban J connectivity index is 1.44. The highest BCUT2D eigenvalue weighted by molar-refractivity contribution is 5.70. The summed E-state index contributed by atoms with van der Waals surface area (Å²) in [5, 5.41) is 9.48. The Morgan fingerprint density at radius 3 is 2.40 bits per heavy atom. The Labute approximate surface area is 234 Å². The van der Waals surface area contributed by atoms with Crippen molar-refractivity contribution < 1.29 is 27.8 Å². The van der Waals surface area contributed by atoms with Crippen molar-refractivity contribution in [1.29, 1.82) is 0 Å². The third kappa shape index (κ3) is 5.91. The molecule has 3 nitrogen and oxygen atoms in total. The number of ether oxygens (including phenoxy) is 1. The largest absolute Gasteiger partial charge is 0.489 e. The third-order valence-electron chi connectivity index (χ3n) is 9.21. The van der Waals surface area contributed by atoms with Crippen LogP contribution in [-0.2, 0) is 11.4 Å². The molecule has 6 heteroatoms. The molecule has 2 saturated carbocycles. The molecule has 0 aliphatic heterocycles. The average Bonchev–Trinajstić information content (AvgIpc) is 3.56. The predicted molar refractivity (Wildman–Crippen MR) is 150 cm³/mol. The fraction of sp³-hybridized carbons (Fsp3) is 0.441. The molecule has 0 aromatic heterocycles. The zero-order valence-electron chi connectivity index (χ0n) is 23.4. The molecule has 2 aliphatic rings. The number of halogens is 3. The molecule has 3 aromatic carbocycles. The van der Waals surface area contributed by atoms with Crippen LogP contribution in [0.4, 0.5) is 13.2 Å². The fourth-order valence-electron chi connectivity index (χ4n) is 6.50. The van der Waals surface area contributed by atoms with Gasteiger partial charge in [0.05, 0.1) is 6.42 Å². The number of rotatable bonds is 10. The van der Waals surface area contributed by atoms with Crippen LogP contribution in [0, 0.1) is 16.6 Å². The predicted octanol–water partition coefficient (Wildman–Crippen LogP) is 9.66. The number of hydrogen-bond acceptors (Lipinski definition) is 2. The average molecular weight is 551 g/mol. The lowest BCUT2D eigenvalue weighted by Crippen LogP contribution is -2.17. The second-order valence-corrected chi connectivity index (χ2v) is 12.6. The zero-order valence-corrected chi connectivity index (χ0v) is 23.4. The van der Waals surface area contributed by atoms with Crippen molar-refractivity contribution in [3.8, 4) is 16.9 Å². The monoisotopic (exact) mass is 550 g/mol. The number of alkyl halides is 2. The SMILES string of the molecule is CC1(C)CCC[C@H]1c1cc(COc2cccc([C@H](CC(=O)O)C3(C)CC3)c2)ccc1-c1cc(C(F)F)ccc1F. The van der Waals surface area contributed by atoms with Crippen molar-refractivity contribution in [3.63, 3.8) is 0 Å². The van der Waals surface area contributed by atoms with Gasteiger partial charge in [-0.15, -0.1) is 0 Å². The van der Waals surface area contributed by atoms with Gasteiger partial charge in [-0.1, -0.05) is 63.6 Å². The standard InChI is InChI=1S/C34H37F3O3/c1-33(2)13-5-8-28(33)26-16-21(9-11-25(26)27-18-23(32(36)37)10-12-30(27)35)20-40-24-7-4-6-22(17-24)29(19-31(38)39)34(3)14-15-34/h4,6-7,9-12,16-18,28-29,32H,5,8,13-15,19-20H2,1-3H3,(H,38,39)/t28-,29-/m0/s1. The van der Waals surface area contributed by atoms with Gasteiger partial charge >= 0.3 is 5.97 Å². The molecule has 0 saturated heterocycles. The van der Waals surface area contributed by atoms with Crippen LogP contribution in [0.25, 0.3) is 11.1 Å². The summed E-state index contributed by atoms with van der Waals surface area (Å²) in [4.78, 5) is 11.6. The molecule has 2 aliphatic carbocycles. The van der Waals surface area contributed by atoms with Crippen LogP contribution in [0.1, 0.15) is 99.8 Å². The van der Waals surface area contributed by atoms with E-state index < -0.39 is 18.2 Å². The van der Waals surface area contributed by atoms with E-state index in [0.717, 1.165) is 60.9 Å². The Hall–Kier alpha value is -3.28. The topological polar surface area (TPSA) is 46.5 Å². The van der Waals surface area contributed by atoms with E-state index in [0.29, 0.717) is 11.3 Å². The van der Waals surface area contributed by atoms with E-state index in [1.165, 1.54) is 6.07 Å². The molecule has 0 amide bonds. The Morgan fingerprint density at radius 2 is 1.75 bits per heavy atom.